The van der Waals surface area contributed by atoms with Crippen LogP contribution in [0.5, 0.6) is 5.75 Å². The molecule has 0 saturated heterocycles. The van der Waals surface area contributed by atoms with E-state index < -0.39 is 0 Å². The zero-order valence-electron chi connectivity index (χ0n) is 12.4. The van der Waals surface area contributed by atoms with E-state index in [1.54, 1.807) is 7.11 Å². The van der Waals surface area contributed by atoms with E-state index in [2.05, 4.69) is 39.9 Å². The lowest BCUT2D eigenvalue weighted by Gasteiger charge is -2.32. The second-order valence-corrected chi connectivity index (χ2v) is 6.37. The monoisotopic (exact) mass is 340 g/mol. The largest absolute Gasteiger partial charge is 0.497 e. The van der Waals surface area contributed by atoms with Crippen LogP contribution < -0.4 is 10.5 Å². The van der Waals surface area contributed by atoms with E-state index in [0.717, 1.165) is 29.9 Å². The van der Waals surface area contributed by atoms with E-state index in [1.165, 1.54) is 24.8 Å². The molecule has 0 radical (unpaired) electrons. The molecule has 2 N–H and O–H groups in total. The van der Waals surface area contributed by atoms with Gasteiger partial charge in [-0.1, -0.05) is 29.3 Å². The topological polar surface area (TPSA) is 38.5 Å². The van der Waals surface area contributed by atoms with Gasteiger partial charge in [0.05, 0.1) is 7.11 Å². The van der Waals surface area contributed by atoms with Crippen LogP contribution in [0.3, 0.4) is 0 Å². The molecule has 1 aromatic carbocycles. The second-order valence-electron chi connectivity index (χ2n) is 5.51. The molecule has 4 heteroatoms. The Morgan fingerprint density at radius 3 is 2.85 bits per heavy atom. The van der Waals surface area contributed by atoms with Crippen molar-refractivity contribution in [3.05, 3.63) is 28.2 Å². The molecule has 0 aliphatic heterocycles. The van der Waals surface area contributed by atoms with Gasteiger partial charge in [-0.15, -0.1) is 0 Å². The number of hydrogen-bond donors (Lipinski definition) is 1. The first-order chi connectivity index (χ1) is 9.69. The molecule has 1 saturated carbocycles. The summed E-state index contributed by atoms with van der Waals surface area (Å²) in [5.74, 6) is 1.57. The van der Waals surface area contributed by atoms with Gasteiger partial charge in [-0.25, -0.2) is 0 Å². The Morgan fingerprint density at radius 2 is 2.20 bits per heavy atom. The zero-order valence-corrected chi connectivity index (χ0v) is 14.0. The highest BCUT2D eigenvalue weighted by Crippen LogP contribution is 2.31. The number of hydrogen-bond acceptors (Lipinski definition) is 3. The fourth-order valence-corrected chi connectivity index (χ4v) is 3.63. The maximum atomic E-state index is 5.93. The van der Waals surface area contributed by atoms with Gasteiger partial charge in [0, 0.05) is 17.1 Å². The van der Waals surface area contributed by atoms with E-state index >= 15 is 0 Å². The van der Waals surface area contributed by atoms with Crippen LogP contribution >= 0.6 is 15.9 Å². The van der Waals surface area contributed by atoms with Crippen molar-refractivity contribution in [1.82, 2.24) is 4.90 Å². The lowest BCUT2D eigenvalue weighted by atomic mass is 10.0. The number of nitrogens with zero attached hydrogens (tertiary/aromatic N) is 1. The first kappa shape index (κ1) is 15.8. The third-order valence-corrected chi connectivity index (χ3v) is 5.20. The van der Waals surface area contributed by atoms with E-state index in [4.69, 9.17) is 10.5 Å². The Kier molecular flexibility index (Phi) is 5.87. The third kappa shape index (κ3) is 3.54. The molecule has 2 atom stereocenters. The molecule has 0 bridgehead atoms. The van der Waals surface area contributed by atoms with E-state index in [1.807, 2.05) is 6.07 Å². The molecule has 3 nitrogen and oxygen atoms in total. The molecule has 1 fully saturated rings. The van der Waals surface area contributed by atoms with Crippen molar-refractivity contribution in [1.29, 1.82) is 0 Å². The minimum atomic E-state index is 0.628. The summed E-state index contributed by atoms with van der Waals surface area (Å²) < 4.78 is 6.49. The Bertz CT molecular complexity index is 438. The molecule has 0 aromatic heterocycles. The summed E-state index contributed by atoms with van der Waals surface area (Å²) in [6, 6.07) is 6.81. The number of methoxy groups -OCH3 is 1. The van der Waals surface area contributed by atoms with Crippen LogP contribution in [0.15, 0.2) is 22.7 Å². The van der Waals surface area contributed by atoms with E-state index in [-0.39, 0.29) is 0 Å². The van der Waals surface area contributed by atoms with Crippen molar-refractivity contribution >= 4 is 15.9 Å². The molecule has 0 amide bonds. The molecule has 1 aliphatic carbocycles. The molecular formula is C16H25BrN2O. The van der Waals surface area contributed by atoms with Gasteiger partial charge in [0.1, 0.15) is 5.75 Å². The summed E-state index contributed by atoms with van der Waals surface area (Å²) in [6.07, 6.45) is 3.86. The predicted octanol–water partition coefficient (Wildman–Crippen LogP) is 3.41. The highest BCUT2D eigenvalue weighted by Gasteiger charge is 2.30. The minimum absolute atomic E-state index is 0.628. The lowest BCUT2D eigenvalue weighted by Crippen LogP contribution is -2.39. The van der Waals surface area contributed by atoms with Crippen LogP contribution in [0.25, 0.3) is 0 Å². The van der Waals surface area contributed by atoms with Crippen molar-refractivity contribution in [2.75, 3.05) is 20.2 Å². The number of nitrogens with two attached hydrogens (primary N) is 1. The van der Waals surface area contributed by atoms with Gasteiger partial charge in [-0.3, -0.25) is 4.90 Å². The summed E-state index contributed by atoms with van der Waals surface area (Å²) >= 11 is 3.65. The van der Waals surface area contributed by atoms with Gasteiger partial charge in [-0.2, -0.15) is 0 Å². The summed E-state index contributed by atoms with van der Waals surface area (Å²) in [7, 11) is 1.71. The normalized spacial score (nSPS) is 22.4. The van der Waals surface area contributed by atoms with Crippen molar-refractivity contribution in [2.24, 2.45) is 11.7 Å². The molecule has 0 heterocycles. The summed E-state index contributed by atoms with van der Waals surface area (Å²) in [5, 5.41) is 0. The van der Waals surface area contributed by atoms with Crippen molar-refractivity contribution in [3.8, 4) is 5.75 Å². The SMILES string of the molecule is CCN(Cc1cc(OC)ccc1Br)C1CCCC1CN. The maximum absolute atomic E-state index is 5.93. The van der Waals surface area contributed by atoms with Crippen molar-refractivity contribution < 1.29 is 4.74 Å². The minimum Gasteiger partial charge on any atom is -0.497 e. The number of rotatable bonds is 6. The Hall–Kier alpha value is -0.580. The lowest BCUT2D eigenvalue weighted by molar-refractivity contribution is 0.162. The summed E-state index contributed by atoms with van der Waals surface area (Å²) in [5.41, 5.74) is 7.22. The average Bonchev–Trinajstić information content (AvgIpc) is 2.94. The van der Waals surface area contributed by atoms with Crippen LogP contribution in [0.4, 0.5) is 0 Å². The first-order valence-corrected chi connectivity index (χ1v) is 8.25. The van der Waals surface area contributed by atoms with Gasteiger partial charge in [-0.05, 0) is 55.6 Å². The van der Waals surface area contributed by atoms with Crippen molar-refractivity contribution in [3.63, 3.8) is 0 Å². The Morgan fingerprint density at radius 1 is 1.40 bits per heavy atom. The standard InChI is InChI=1S/C16H25BrN2O/c1-3-19(16-6-4-5-12(16)10-18)11-13-9-14(20-2)7-8-15(13)17/h7-9,12,16H,3-6,10-11,18H2,1-2H3. The summed E-state index contributed by atoms with van der Waals surface area (Å²) in [6.45, 7) is 5.06. The quantitative estimate of drug-likeness (QED) is 0.862. The highest BCUT2D eigenvalue weighted by molar-refractivity contribution is 9.10. The van der Waals surface area contributed by atoms with Gasteiger partial charge in [0.25, 0.3) is 0 Å². The molecule has 1 aliphatic rings. The van der Waals surface area contributed by atoms with Crippen LogP contribution in [-0.2, 0) is 6.54 Å². The van der Waals surface area contributed by atoms with Crippen LogP contribution in [0.1, 0.15) is 31.7 Å². The van der Waals surface area contributed by atoms with Crippen molar-refractivity contribution in [2.45, 2.75) is 38.8 Å². The zero-order chi connectivity index (χ0) is 14.5. The molecule has 2 unspecified atom stereocenters. The fourth-order valence-electron chi connectivity index (χ4n) is 3.25. The van der Waals surface area contributed by atoms with E-state index in [0.29, 0.717) is 12.0 Å². The molecule has 0 spiro atoms. The van der Waals surface area contributed by atoms with Crippen LogP contribution in [-0.4, -0.2) is 31.1 Å². The van der Waals surface area contributed by atoms with Gasteiger partial charge in [0.2, 0.25) is 0 Å². The van der Waals surface area contributed by atoms with Gasteiger partial charge >= 0.3 is 0 Å². The molecule has 112 valence electrons. The number of benzene rings is 1. The van der Waals surface area contributed by atoms with Gasteiger partial charge < -0.3 is 10.5 Å². The predicted molar refractivity (Wildman–Crippen MR) is 87.0 cm³/mol. The smallest absolute Gasteiger partial charge is 0.119 e. The van der Waals surface area contributed by atoms with Crippen LogP contribution in [0.2, 0.25) is 0 Å². The number of halogens is 1. The first-order valence-electron chi connectivity index (χ1n) is 7.46. The molecule has 2 rings (SSSR count). The summed E-state index contributed by atoms with van der Waals surface area (Å²) in [4.78, 5) is 2.56. The maximum Gasteiger partial charge on any atom is 0.119 e. The second kappa shape index (κ2) is 7.43. The highest BCUT2D eigenvalue weighted by atomic mass is 79.9. The average molecular weight is 341 g/mol. The van der Waals surface area contributed by atoms with E-state index in [9.17, 15) is 0 Å². The van der Waals surface area contributed by atoms with Gasteiger partial charge in [0.15, 0.2) is 0 Å². The third-order valence-electron chi connectivity index (χ3n) is 4.42. The number of ether oxygens (including phenoxy) is 1. The molecule has 20 heavy (non-hydrogen) atoms. The fraction of sp³-hybridized carbons (Fsp3) is 0.625. The van der Waals surface area contributed by atoms with Crippen LogP contribution in [0, 0.1) is 5.92 Å². The Labute approximate surface area is 130 Å². The Balaban J connectivity index is 2.13. The molecular weight excluding hydrogens is 316 g/mol. The molecule has 1 aromatic rings.